The summed E-state index contributed by atoms with van der Waals surface area (Å²) in [5.41, 5.74) is 0.677. The smallest absolute Gasteiger partial charge is 0.387 e. The molecule has 2 unspecified atom stereocenters. The molecule has 1 N–H and O–H groups in total. The quantitative estimate of drug-likeness (QED) is 0.923. The molecule has 6 heteroatoms. The maximum atomic E-state index is 12.5. The van der Waals surface area contributed by atoms with Gasteiger partial charge in [0, 0.05) is 29.2 Å². The van der Waals surface area contributed by atoms with Crippen molar-refractivity contribution in [1.82, 2.24) is 4.90 Å². The standard InChI is InChI=1S/C15H18ClF2NO2/c16-10-1-4-14(21-15(17)18)9(5-10)8-19-11-2-3-12(19)7-13(20)6-11/h1,4-5,11-13,15,20H,2-3,6-8H2. The number of ether oxygens (including phenoxy) is 1. The van der Waals surface area contributed by atoms with Crippen LogP contribution in [0.4, 0.5) is 8.78 Å². The van der Waals surface area contributed by atoms with Crippen LogP contribution in [0, 0.1) is 0 Å². The number of alkyl halides is 2. The molecule has 2 aliphatic heterocycles. The molecule has 1 aromatic carbocycles. The van der Waals surface area contributed by atoms with E-state index in [1.54, 1.807) is 12.1 Å². The summed E-state index contributed by atoms with van der Waals surface area (Å²) in [5, 5.41) is 10.3. The van der Waals surface area contributed by atoms with Gasteiger partial charge < -0.3 is 9.84 Å². The summed E-state index contributed by atoms with van der Waals surface area (Å²) in [4.78, 5) is 2.29. The highest BCUT2D eigenvalue weighted by atomic mass is 35.5. The summed E-state index contributed by atoms with van der Waals surface area (Å²) >= 11 is 5.98. The molecule has 2 heterocycles. The van der Waals surface area contributed by atoms with Crippen molar-refractivity contribution in [3.63, 3.8) is 0 Å². The average molecular weight is 318 g/mol. The van der Waals surface area contributed by atoms with Crippen LogP contribution in [-0.4, -0.2) is 34.8 Å². The molecule has 0 aliphatic carbocycles. The third-order valence-electron chi connectivity index (χ3n) is 4.45. The topological polar surface area (TPSA) is 32.7 Å². The van der Waals surface area contributed by atoms with Gasteiger partial charge in [0.15, 0.2) is 0 Å². The highest BCUT2D eigenvalue weighted by Crippen LogP contribution is 2.38. The van der Waals surface area contributed by atoms with Crippen LogP contribution in [0.3, 0.4) is 0 Å². The highest BCUT2D eigenvalue weighted by molar-refractivity contribution is 6.30. The Morgan fingerprint density at radius 2 is 1.95 bits per heavy atom. The Morgan fingerprint density at radius 3 is 2.57 bits per heavy atom. The monoisotopic (exact) mass is 317 g/mol. The number of hydrogen-bond acceptors (Lipinski definition) is 3. The molecule has 2 fully saturated rings. The minimum atomic E-state index is -2.84. The van der Waals surface area contributed by atoms with Crippen molar-refractivity contribution in [3.8, 4) is 5.75 Å². The van der Waals surface area contributed by atoms with Gasteiger partial charge in [0.25, 0.3) is 0 Å². The lowest BCUT2D eigenvalue weighted by atomic mass is 9.99. The van der Waals surface area contributed by atoms with Crippen molar-refractivity contribution in [2.75, 3.05) is 0 Å². The molecule has 1 aromatic rings. The predicted octanol–water partition coefficient (Wildman–Crippen LogP) is 3.43. The zero-order valence-corrected chi connectivity index (χ0v) is 12.3. The Bertz CT molecular complexity index is 500. The second-order valence-corrected chi connectivity index (χ2v) is 6.25. The van der Waals surface area contributed by atoms with Crippen LogP contribution >= 0.6 is 11.6 Å². The lowest BCUT2D eigenvalue weighted by molar-refractivity contribution is -0.0511. The van der Waals surface area contributed by atoms with E-state index in [4.69, 9.17) is 11.6 Å². The van der Waals surface area contributed by atoms with Crippen molar-refractivity contribution in [2.45, 2.75) is 57.0 Å². The Labute approximate surface area is 127 Å². The molecule has 0 aromatic heterocycles. The van der Waals surface area contributed by atoms with Crippen LogP contribution in [0.15, 0.2) is 18.2 Å². The van der Waals surface area contributed by atoms with Gasteiger partial charge in [-0.1, -0.05) is 11.6 Å². The predicted molar refractivity (Wildman–Crippen MR) is 75.7 cm³/mol. The first-order chi connectivity index (χ1) is 10.0. The van der Waals surface area contributed by atoms with E-state index in [0.717, 1.165) is 25.7 Å². The molecule has 2 aliphatic rings. The van der Waals surface area contributed by atoms with Crippen LogP contribution in [0.25, 0.3) is 0 Å². The molecule has 3 nitrogen and oxygen atoms in total. The maximum Gasteiger partial charge on any atom is 0.387 e. The van der Waals surface area contributed by atoms with E-state index < -0.39 is 6.61 Å². The Kier molecular flexibility index (Phi) is 4.33. The number of aliphatic hydroxyl groups is 1. The third-order valence-corrected chi connectivity index (χ3v) is 4.69. The second kappa shape index (κ2) is 6.07. The molecular weight excluding hydrogens is 300 g/mol. The molecule has 2 saturated heterocycles. The number of piperidine rings is 1. The van der Waals surface area contributed by atoms with Gasteiger partial charge in [-0.25, -0.2) is 0 Å². The van der Waals surface area contributed by atoms with Crippen molar-refractivity contribution < 1.29 is 18.6 Å². The molecule has 0 amide bonds. The SMILES string of the molecule is OC1CC2CCC(C1)N2Cc1cc(Cl)ccc1OC(F)F. The summed E-state index contributed by atoms with van der Waals surface area (Å²) in [7, 11) is 0. The summed E-state index contributed by atoms with van der Waals surface area (Å²) in [5.74, 6) is 0.180. The van der Waals surface area contributed by atoms with Crippen LogP contribution < -0.4 is 4.74 Å². The normalized spacial score (nSPS) is 29.1. The molecule has 0 spiro atoms. The van der Waals surface area contributed by atoms with Crippen LogP contribution in [0.1, 0.15) is 31.2 Å². The number of aliphatic hydroxyl groups excluding tert-OH is 1. The maximum absolute atomic E-state index is 12.5. The number of fused-ring (bicyclic) bond motifs is 2. The number of nitrogens with zero attached hydrogens (tertiary/aromatic N) is 1. The van der Waals surface area contributed by atoms with E-state index in [9.17, 15) is 13.9 Å². The van der Waals surface area contributed by atoms with Crippen molar-refractivity contribution in [2.24, 2.45) is 0 Å². The number of rotatable bonds is 4. The Hall–Kier alpha value is -0.910. The fourth-order valence-electron chi connectivity index (χ4n) is 3.58. The average Bonchev–Trinajstić information content (AvgIpc) is 2.65. The van der Waals surface area contributed by atoms with Crippen molar-refractivity contribution >= 4 is 11.6 Å². The molecule has 3 rings (SSSR count). The van der Waals surface area contributed by atoms with Crippen molar-refractivity contribution in [1.29, 1.82) is 0 Å². The minimum Gasteiger partial charge on any atom is -0.434 e. The van der Waals surface area contributed by atoms with Gasteiger partial charge in [-0.15, -0.1) is 0 Å². The van der Waals surface area contributed by atoms with Gasteiger partial charge in [-0.3, -0.25) is 4.90 Å². The second-order valence-electron chi connectivity index (χ2n) is 5.81. The molecule has 116 valence electrons. The molecule has 2 bridgehead atoms. The first-order valence-corrected chi connectivity index (χ1v) is 7.58. The highest BCUT2D eigenvalue weighted by Gasteiger charge is 2.40. The van der Waals surface area contributed by atoms with Gasteiger partial charge in [-0.2, -0.15) is 8.78 Å². The fourth-order valence-corrected chi connectivity index (χ4v) is 3.78. The van der Waals surface area contributed by atoms with E-state index in [1.807, 2.05) is 0 Å². The molecule has 21 heavy (non-hydrogen) atoms. The van der Waals surface area contributed by atoms with E-state index in [-0.39, 0.29) is 11.9 Å². The molecule has 0 saturated carbocycles. The number of benzene rings is 1. The van der Waals surface area contributed by atoms with E-state index in [1.165, 1.54) is 6.07 Å². The molecular formula is C15H18ClF2NO2. The lowest BCUT2D eigenvalue weighted by Crippen LogP contribution is -2.44. The van der Waals surface area contributed by atoms with Gasteiger partial charge >= 0.3 is 6.61 Å². The zero-order chi connectivity index (χ0) is 15.0. The van der Waals surface area contributed by atoms with Gasteiger partial charge in [0.2, 0.25) is 0 Å². The number of hydrogen-bond donors (Lipinski definition) is 1. The largest absolute Gasteiger partial charge is 0.434 e. The Morgan fingerprint density at radius 1 is 1.29 bits per heavy atom. The zero-order valence-electron chi connectivity index (χ0n) is 11.5. The Balaban J connectivity index is 1.80. The van der Waals surface area contributed by atoms with Crippen LogP contribution in [0.5, 0.6) is 5.75 Å². The van der Waals surface area contributed by atoms with Crippen LogP contribution in [0.2, 0.25) is 5.02 Å². The summed E-state index contributed by atoms with van der Waals surface area (Å²) in [6.07, 6.45) is 3.36. The van der Waals surface area contributed by atoms with E-state index in [2.05, 4.69) is 9.64 Å². The lowest BCUT2D eigenvalue weighted by Gasteiger charge is -2.37. The van der Waals surface area contributed by atoms with Crippen LogP contribution in [-0.2, 0) is 6.54 Å². The summed E-state index contributed by atoms with van der Waals surface area (Å²) in [6.45, 7) is -2.31. The third kappa shape index (κ3) is 3.30. The van der Waals surface area contributed by atoms with Gasteiger partial charge in [0.05, 0.1) is 6.10 Å². The summed E-state index contributed by atoms with van der Waals surface area (Å²) in [6, 6.07) is 5.36. The van der Waals surface area contributed by atoms with Gasteiger partial charge in [-0.05, 0) is 43.9 Å². The first kappa shape index (κ1) is 15.0. The first-order valence-electron chi connectivity index (χ1n) is 7.20. The molecule has 2 atom stereocenters. The van der Waals surface area contributed by atoms with E-state index in [0.29, 0.717) is 29.2 Å². The fraction of sp³-hybridized carbons (Fsp3) is 0.600. The number of halogens is 3. The van der Waals surface area contributed by atoms with Gasteiger partial charge in [0.1, 0.15) is 5.75 Å². The summed E-state index contributed by atoms with van der Waals surface area (Å²) < 4.78 is 29.6. The van der Waals surface area contributed by atoms with E-state index >= 15 is 0 Å². The molecule has 0 radical (unpaired) electrons. The van der Waals surface area contributed by atoms with Crippen molar-refractivity contribution in [3.05, 3.63) is 28.8 Å². The minimum absolute atomic E-state index is 0.180.